The van der Waals surface area contributed by atoms with Gasteiger partial charge in [0.2, 0.25) is 0 Å². The molecule has 0 saturated heterocycles. The second-order valence-electron chi connectivity index (χ2n) is 10.5. The maximum atomic E-state index is 13.8. The van der Waals surface area contributed by atoms with E-state index < -0.39 is 0 Å². The molecule has 0 bridgehead atoms. The van der Waals surface area contributed by atoms with Crippen LogP contribution in [0, 0.1) is 11.3 Å². The third-order valence-corrected chi connectivity index (χ3v) is 8.79. The van der Waals surface area contributed by atoms with Crippen LogP contribution < -0.4 is 10.6 Å². The second-order valence-corrected chi connectivity index (χ2v) is 12.5. The number of thiophene rings is 1. The molecule has 184 valence electrons. The van der Waals surface area contributed by atoms with E-state index >= 15 is 0 Å². The summed E-state index contributed by atoms with van der Waals surface area (Å²) < 4.78 is 0.911. The van der Waals surface area contributed by atoms with Gasteiger partial charge in [-0.2, -0.15) is 0 Å². The SMILES string of the molecule is CC(C)(C)C1CCc2c(sc(NC(=O)c3ccc(Br)cc3)c2C(=O)Nc2cccc3ccccc23)C1. The fourth-order valence-electron chi connectivity index (χ4n) is 4.95. The minimum atomic E-state index is -0.215. The zero-order valence-electron chi connectivity index (χ0n) is 20.7. The lowest BCUT2D eigenvalue weighted by molar-refractivity contribution is 0.102. The molecule has 4 nitrogen and oxygen atoms in total. The van der Waals surface area contributed by atoms with Crippen LogP contribution in [0.4, 0.5) is 10.7 Å². The van der Waals surface area contributed by atoms with E-state index in [1.54, 1.807) is 23.5 Å². The number of benzene rings is 3. The van der Waals surface area contributed by atoms with Crippen LogP contribution in [0.15, 0.2) is 71.2 Å². The van der Waals surface area contributed by atoms with Crippen molar-refractivity contribution in [2.45, 2.75) is 40.0 Å². The first kappa shape index (κ1) is 24.7. The van der Waals surface area contributed by atoms with Crippen molar-refractivity contribution < 1.29 is 9.59 Å². The van der Waals surface area contributed by atoms with Gasteiger partial charge in [0.1, 0.15) is 5.00 Å². The smallest absolute Gasteiger partial charge is 0.258 e. The summed E-state index contributed by atoms with van der Waals surface area (Å²) in [6.07, 6.45) is 2.79. The molecule has 1 aromatic heterocycles. The Labute approximate surface area is 224 Å². The summed E-state index contributed by atoms with van der Waals surface area (Å²) in [4.78, 5) is 28.1. The van der Waals surface area contributed by atoms with Crippen LogP contribution in [0.25, 0.3) is 10.8 Å². The van der Waals surface area contributed by atoms with Crippen molar-refractivity contribution in [2.24, 2.45) is 11.3 Å². The molecule has 2 N–H and O–H groups in total. The zero-order chi connectivity index (χ0) is 25.4. The van der Waals surface area contributed by atoms with E-state index in [-0.39, 0.29) is 17.2 Å². The average molecular weight is 562 g/mol. The van der Waals surface area contributed by atoms with Crippen molar-refractivity contribution in [3.8, 4) is 0 Å². The number of fused-ring (bicyclic) bond motifs is 2. The van der Waals surface area contributed by atoms with Crippen LogP contribution in [0.3, 0.4) is 0 Å². The zero-order valence-corrected chi connectivity index (χ0v) is 23.1. The molecular formula is C30H29BrN2O2S. The van der Waals surface area contributed by atoms with Gasteiger partial charge in [-0.25, -0.2) is 0 Å². The van der Waals surface area contributed by atoms with Gasteiger partial charge in [0.05, 0.1) is 5.56 Å². The maximum Gasteiger partial charge on any atom is 0.258 e. The van der Waals surface area contributed by atoms with Gasteiger partial charge >= 0.3 is 0 Å². The molecule has 1 atom stereocenters. The van der Waals surface area contributed by atoms with Gasteiger partial charge in [-0.3, -0.25) is 9.59 Å². The summed E-state index contributed by atoms with van der Waals surface area (Å²) in [6.45, 7) is 6.84. The molecule has 0 radical (unpaired) electrons. The van der Waals surface area contributed by atoms with Crippen LogP contribution in [-0.4, -0.2) is 11.8 Å². The first-order valence-electron chi connectivity index (χ1n) is 12.2. The van der Waals surface area contributed by atoms with Crippen LogP contribution in [0.2, 0.25) is 0 Å². The topological polar surface area (TPSA) is 58.2 Å². The van der Waals surface area contributed by atoms with E-state index in [0.29, 0.717) is 22.0 Å². The molecule has 5 rings (SSSR count). The Morgan fingerprint density at radius 3 is 2.39 bits per heavy atom. The summed E-state index contributed by atoms with van der Waals surface area (Å²) in [6, 6.07) is 21.2. The minimum absolute atomic E-state index is 0.177. The molecule has 3 aromatic carbocycles. The number of halogens is 1. The highest BCUT2D eigenvalue weighted by atomic mass is 79.9. The van der Waals surface area contributed by atoms with Crippen molar-refractivity contribution in [3.63, 3.8) is 0 Å². The fraction of sp³-hybridized carbons (Fsp3) is 0.267. The van der Waals surface area contributed by atoms with Crippen molar-refractivity contribution in [1.82, 2.24) is 0 Å². The predicted molar refractivity (Wildman–Crippen MR) is 153 cm³/mol. The molecule has 1 heterocycles. The van der Waals surface area contributed by atoms with Gasteiger partial charge in [-0.15, -0.1) is 11.3 Å². The largest absolute Gasteiger partial charge is 0.321 e. The van der Waals surface area contributed by atoms with Crippen LogP contribution in [-0.2, 0) is 12.8 Å². The van der Waals surface area contributed by atoms with Crippen LogP contribution in [0.1, 0.15) is 58.3 Å². The number of carbonyl (C=O) groups is 2. The lowest BCUT2D eigenvalue weighted by Gasteiger charge is -2.33. The minimum Gasteiger partial charge on any atom is -0.321 e. The number of rotatable bonds is 4. The van der Waals surface area contributed by atoms with Gasteiger partial charge < -0.3 is 10.6 Å². The first-order valence-corrected chi connectivity index (χ1v) is 13.8. The highest BCUT2D eigenvalue weighted by Crippen LogP contribution is 2.44. The number of amides is 2. The van der Waals surface area contributed by atoms with E-state index in [1.165, 1.54) is 4.88 Å². The molecule has 0 spiro atoms. The van der Waals surface area contributed by atoms with Crippen LogP contribution in [0.5, 0.6) is 0 Å². The molecule has 0 fully saturated rings. The summed E-state index contributed by atoms with van der Waals surface area (Å²) >= 11 is 4.97. The monoisotopic (exact) mass is 560 g/mol. The number of hydrogen-bond acceptors (Lipinski definition) is 3. The van der Waals surface area contributed by atoms with E-state index in [4.69, 9.17) is 0 Å². The molecule has 0 aliphatic heterocycles. The highest BCUT2D eigenvalue weighted by molar-refractivity contribution is 9.10. The number of carbonyl (C=O) groups excluding carboxylic acids is 2. The standard InChI is InChI=1S/C30H29BrN2O2S/c1-30(2,3)20-13-16-23-25(17-20)36-29(33-27(34)19-11-14-21(31)15-12-19)26(23)28(35)32-24-10-6-8-18-7-4-5-9-22(18)24/h4-12,14-15,20H,13,16-17H2,1-3H3,(H,32,35)(H,33,34). The molecule has 1 unspecified atom stereocenters. The maximum absolute atomic E-state index is 13.8. The van der Waals surface area contributed by atoms with Gasteiger partial charge in [0.15, 0.2) is 0 Å². The lowest BCUT2D eigenvalue weighted by Crippen LogP contribution is -2.27. The van der Waals surface area contributed by atoms with Crippen molar-refractivity contribution >= 4 is 60.5 Å². The summed E-state index contributed by atoms with van der Waals surface area (Å²) in [7, 11) is 0. The normalized spacial score (nSPS) is 15.4. The fourth-order valence-corrected chi connectivity index (χ4v) is 6.53. The van der Waals surface area contributed by atoms with E-state index in [2.05, 4.69) is 47.3 Å². The Morgan fingerprint density at radius 1 is 0.917 bits per heavy atom. The quantitative estimate of drug-likeness (QED) is 0.263. The molecule has 4 aromatic rings. The third kappa shape index (κ3) is 4.97. The Kier molecular flexibility index (Phi) is 6.75. The summed E-state index contributed by atoms with van der Waals surface area (Å²) in [5.74, 6) is 0.143. The Hall–Kier alpha value is -2.96. The highest BCUT2D eigenvalue weighted by Gasteiger charge is 2.34. The lowest BCUT2D eigenvalue weighted by atomic mass is 9.72. The van der Waals surface area contributed by atoms with Gasteiger partial charge in [0.25, 0.3) is 11.8 Å². The predicted octanol–water partition coefficient (Wildman–Crippen LogP) is 8.32. The van der Waals surface area contributed by atoms with E-state index in [0.717, 1.165) is 45.8 Å². The summed E-state index contributed by atoms with van der Waals surface area (Å²) in [5, 5.41) is 8.90. The molecule has 1 aliphatic carbocycles. The number of hydrogen-bond donors (Lipinski definition) is 2. The van der Waals surface area contributed by atoms with E-state index in [1.807, 2.05) is 54.6 Å². The van der Waals surface area contributed by atoms with Gasteiger partial charge in [-0.1, -0.05) is 73.1 Å². The Balaban J connectivity index is 1.52. The molecular weight excluding hydrogens is 532 g/mol. The molecule has 2 amide bonds. The van der Waals surface area contributed by atoms with Crippen LogP contribution >= 0.6 is 27.3 Å². The average Bonchev–Trinajstić information content (AvgIpc) is 3.21. The first-order chi connectivity index (χ1) is 17.2. The molecule has 0 saturated carbocycles. The molecule has 1 aliphatic rings. The second kappa shape index (κ2) is 9.83. The molecule has 6 heteroatoms. The Bertz CT molecular complexity index is 1450. The Morgan fingerprint density at radius 2 is 1.64 bits per heavy atom. The summed E-state index contributed by atoms with van der Waals surface area (Å²) in [5.41, 5.74) is 3.18. The third-order valence-electron chi connectivity index (χ3n) is 7.09. The van der Waals surface area contributed by atoms with Gasteiger partial charge in [-0.05, 0) is 71.9 Å². The number of anilines is 2. The van der Waals surface area contributed by atoms with Crippen molar-refractivity contribution in [2.75, 3.05) is 10.6 Å². The van der Waals surface area contributed by atoms with Crippen molar-refractivity contribution in [3.05, 3.63) is 92.8 Å². The molecule has 36 heavy (non-hydrogen) atoms. The van der Waals surface area contributed by atoms with Crippen molar-refractivity contribution in [1.29, 1.82) is 0 Å². The van der Waals surface area contributed by atoms with E-state index in [9.17, 15) is 9.59 Å². The number of nitrogens with one attached hydrogen (secondary N) is 2. The van der Waals surface area contributed by atoms with Gasteiger partial charge in [0, 0.05) is 26.0 Å².